The Hall–Kier alpha value is -0.890. The highest BCUT2D eigenvalue weighted by molar-refractivity contribution is 6.29. The fourth-order valence-corrected chi connectivity index (χ4v) is 2.51. The summed E-state index contributed by atoms with van der Waals surface area (Å²) in [6, 6.07) is 3.44. The standard InChI is InChI=1S/C13H16ClNO/c14-12-9-11(7-8-15-12)13(16)10-5-3-1-2-4-6-10/h7-10H,1-6H2. The number of halogens is 1. The number of carbonyl (C=O) groups is 1. The molecule has 0 aromatic carbocycles. The Kier molecular flexibility index (Phi) is 3.94. The molecule has 0 N–H and O–H groups in total. The molecule has 0 unspecified atom stereocenters. The third-order valence-corrected chi connectivity index (χ3v) is 3.44. The summed E-state index contributed by atoms with van der Waals surface area (Å²) >= 11 is 5.80. The van der Waals surface area contributed by atoms with Crippen molar-refractivity contribution in [2.75, 3.05) is 0 Å². The summed E-state index contributed by atoms with van der Waals surface area (Å²) in [5, 5.41) is 0.402. The van der Waals surface area contributed by atoms with E-state index in [0.717, 1.165) is 12.8 Å². The number of aromatic nitrogens is 1. The lowest BCUT2D eigenvalue weighted by atomic mass is 9.91. The first kappa shape index (κ1) is 11.6. The Morgan fingerprint density at radius 2 is 1.94 bits per heavy atom. The molecule has 1 aromatic heterocycles. The summed E-state index contributed by atoms with van der Waals surface area (Å²) in [5.41, 5.74) is 0.715. The van der Waals surface area contributed by atoms with Crippen molar-refractivity contribution in [2.24, 2.45) is 5.92 Å². The van der Waals surface area contributed by atoms with Crippen LogP contribution in [0.25, 0.3) is 0 Å². The number of hydrogen-bond acceptors (Lipinski definition) is 2. The van der Waals surface area contributed by atoms with Gasteiger partial charge in [-0.25, -0.2) is 4.98 Å². The Bertz CT molecular complexity index is 370. The Morgan fingerprint density at radius 3 is 2.56 bits per heavy atom. The van der Waals surface area contributed by atoms with Crippen LogP contribution in [-0.2, 0) is 0 Å². The molecule has 2 nitrogen and oxygen atoms in total. The molecule has 0 aliphatic heterocycles. The lowest BCUT2D eigenvalue weighted by molar-refractivity contribution is 0.0908. The molecule has 1 heterocycles. The maximum atomic E-state index is 12.2. The number of nitrogens with zero attached hydrogens (tertiary/aromatic N) is 1. The highest BCUT2D eigenvalue weighted by Crippen LogP contribution is 2.26. The smallest absolute Gasteiger partial charge is 0.166 e. The van der Waals surface area contributed by atoms with E-state index >= 15 is 0 Å². The Morgan fingerprint density at radius 1 is 1.25 bits per heavy atom. The van der Waals surface area contributed by atoms with E-state index in [-0.39, 0.29) is 11.7 Å². The van der Waals surface area contributed by atoms with Gasteiger partial charge < -0.3 is 0 Å². The van der Waals surface area contributed by atoms with Gasteiger partial charge in [0.05, 0.1) is 0 Å². The zero-order chi connectivity index (χ0) is 11.4. The molecule has 86 valence electrons. The van der Waals surface area contributed by atoms with Gasteiger partial charge >= 0.3 is 0 Å². The third kappa shape index (κ3) is 2.82. The number of pyridine rings is 1. The Labute approximate surface area is 101 Å². The second-order valence-corrected chi connectivity index (χ2v) is 4.81. The maximum absolute atomic E-state index is 12.2. The lowest BCUT2D eigenvalue weighted by Crippen LogP contribution is -2.14. The predicted molar refractivity (Wildman–Crippen MR) is 64.8 cm³/mol. The summed E-state index contributed by atoms with van der Waals surface area (Å²) in [6.07, 6.45) is 8.54. The summed E-state index contributed by atoms with van der Waals surface area (Å²) in [6.45, 7) is 0. The molecular formula is C13H16ClNO. The van der Waals surface area contributed by atoms with Gasteiger partial charge in [-0.1, -0.05) is 37.3 Å². The van der Waals surface area contributed by atoms with Crippen LogP contribution < -0.4 is 0 Å². The van der Waals surface area contributed by atoms with Crippen molar-refractivity contribution >= 4 is 17.4 Å². The molecule has 0 bridgehead atoms. The molecule has 1 aromatic rings. The highest BCUT2D eigenvalue weighted by atomic mass is 35.5. The Balaban J connectivity index is 2.11. The second kappa shape index (κ2) is 5.44. The van der Waals surface area contributed by atoms with E-state index in [1.165, 1.54) is 25.7 Å². The summed E-state index contributed by atoms with van der Waals surface area (Å²) in [4.78, 5) is 16.1. The van der Waals surface area contributed by atoms with Crippen LogP contribution >= 0.6 is 11.6 Å². The zero-order valence-electron chi connectivity index (χ0n) is 9.29. The van der Waals surface area contributed by atoms with Gasteiger partial charge in [0, 0.05) is 17.7 Å². The first-order chi connectivity index (χ1) is 7.77. The molecule has 2 rings (SSSR count). The summed E-state index contributed by atoms with van der Waals surface area (Å²) in [7, 11) is 0. The SMILES string of the molecule is O=C(c1ccnc(Cl)c1)C1CCCCCC1. The van der Waals surface area contributed by atoms with Gasteiger partial charge in [-0.3, -0.25) is 4.79 Å². The van der Waals surface area contributed by atoms with Gasteiger partial charge in [-0.05, 0) is 25.0 Å². The molecule has 0 amide bonds. The summed E-state index contributed by atoms with van der Waals surface area (Å²) < 4.78 is 0. The zero-order valence-corrected chi connectivity index (χ0v) is 10.0. The van der Waals surface area contributed by atoms with Crippen LogP contribution in [0, 0.1) is 5.92 Å². The topological polar surface area (TPSA) is 30.0 Å². The van der Waals surface area contributed by atoms with Gasteiger partial charge in [-0.15, -0.1) is 0 Å². The molecule has 1 fully saturated rings. The van der Waals surface area contributed by atoms with E-state index in [1.54, 1.807) is 18.3 Å². The van der Waals surface area contributed by atoms with Crippen molar-refractivity contribution in [3.63, 3.8) is 0 Å². The molecule has 0 atom stereocenters. The quantitative estimate of drug-likeness (QED) is 0.444. The van der Waals surface area contributed by atoms with Crippen LogP contribution in [0.4, 0.5) is 0 Å². The van der Waals surface area contributed by atoms with Crippen molar-refractivity contribution in [2.45, 2.75) is 38.5 Å². The van der Waals surface area contributed by atoms with Crippen LogP contribution in [0.15, 0.2) is 18.3 Å². The monoisotopic (exact) mass is 237 g/mol. The van der Waals surface area contributed by atoms with E-state index in [4.69, 9.17) is 11.6 Å². The molecule has 1 saturated carbocycles. The van der Waals surface area contributed by atoms with Crippen molar-refractivity contribution in [1.82, 2.24) is 4.98 Å². The molecule has 1 aliphatic rings. The second-order valence-electron chi connectivity index (χ2n) is 4.42. The van der Waals surface area contributed by atoms with Crippen molar-refractivity contribution in [1.29, 1.82) is 0 Å². The van der Waals surface area contributed by atoms with Crippen LogP contribution in [0.3, 0.4) is 0 Å². The lowest BCUT2D eigenvalue weighted by Gasteiger charge is -2.12. The molecule has 0 saturated heterocycles. The number of carbonyl (C=O) groups excluding carboxylic acids is 1. The van der Waals surface area contributed by atoms with E-state index in [1.807, 2.05) is 0 Å². The van der Waals surface area contributed by atoms with Crippen molar-refractivity contribution in [3.8, 4) is 0 Å². The molecular weight excluding hydrogens is 222 g/mol. The van der Waals surface area contributed by atoms with Crippen LogP contribution in [-0.4, -0.2) is 10.8 Å². The van der Waals surface area contributed by atoms with Crippen LogP contribution in [0.1, 0.15) is 48.9 Å². The largest absolute Gasteiger partial charge is 0.294 e. The number of rotatable bonds is 2. The van der Waals surface area contributed by atoms with E-state index in [2.05, 4.69) is 4.98 Å². The minimum atomic E-state index is 0.195. The average Bonchev–Trinajstić information content (AvgIpc) is 2.56. The minimum Gasteiger partial charge on any atom is -0.294 e. The maximum Gasteiger partial charge on any atom is 0.166 e. The molecule has 1 aliphatic carbocycles. The van der Waals surface area contributed by atoms with Crippen LogP contribution in [0.5, 0.6) is 0 Å². The van der Waals surface area contributed by atoms with Gasteiger partial charge in [0.2, 0.25) is 0 Å². The number of ketones is 1. The van der Waals surface area contributed by atoms with Gasteiger partial charge in [0.15, 0.2) is 5.78 Å². The summed E-state index contributed by atoms with van der Waals surface area (Å²) in [5.74, 6) is 0.437. The van der Waals surface area contributed by atoms with Crippen molar-refractivity contribution in [3.05, 3.63) is 29.0 Å². The van der Waals surface area contributed by atoms with E-state index in [0.29, 0.717) is 10.7 Å². The first-order valence-electron chi connectivity index (χ1n) is 5.93. The van der Waals surface area contributed by atoms with E-state index < -0.39 is 0 Å². The fraction of sp³-hybridized carbons (Fsp3) is 0.538. The highest BCUT2D eigenvalue weighted by Gasteiger charge is 2.21. The molecule has 0 spiro atoms. The van der Waals surface area contributed by atoms with Gasteiger partial charge in [0.25, 0.3) is 0 Å². The van der Waals surface area contributed by atoms with Gasteiger partial charge in [-0.2, -0.15) is 0 Å². The average molecular weight is 238 g/mol. The molecule has 0 radical (unpaired) electrons. The number of Topliss-reactive ketones (excluding diaryl/α,β-unsaturated/α-hetero) is 1. The fourth-order valence-electron chi connectivity index (χ4n) is 2.33. The molecule has 16 heavy (non-hydrogen) atoms. The van der Waals surface area contributed by atoms with Gasteiger partial charge in [0.1, 0.15) is 5.15 Å². The molecule has 3 heteroatoms. The van der Waals surface area contributed by atoms with Crippen LogP contribution in [0.2, 0.25) is 5.15 Å². The third-order valence-electron chi connectivity index (χ3n) is 3.24. The normalized spacial score (nSPS) is 18.1. The first-order valence-corrected chi connectivity index (χ1v) is 6.31. The van der Waals surface area contributed by atoms with E-state index in [9.17, 15) is 4.79 Å². The predicted octanol–water partition coefficient (Wildman–Crippen LogP) is 3.89. The van der Waals surface area contributed by atoms with Crippen molar-refractivity contribution < 1.29 is 4.79 Å². The number of hydrogen-bond donors (Lipinski definition) is 0. The minimum absolute atomic E-state index is 0.195.